The molecule has 8 nitrogen and oxygen atoms in total. The fourth-order valence-electron chi connectivity index (χ4n) is 4.44. The van der Waals surface area contributed by atoms with E-state index in [1.807, 2.05) is 74.5 Å². The Hall–Kier alpha value is -4.07. The molecule has 0 unspecified atom stereocenters. The lowest BCUT2D eigenvalue weighted by atomic mass is 9.88. The molecule has 0 radical (unpaired) electrons. The van der Waals surface area contributed by atoms with Gasteiger partial charge in [0.25, 0.3) is 5.91 Å². The van der Waals surface area contributed by atoms with E-state index in [2.05, 4.69) is 20.8 Å². The zero-order valence-corrected chi connectivity index (χ0v) is 18.0. The van der Waals surface area contributed by atoms with E-state index in [9.17, 15) is 9.59 Å². The molecule has 4 aromatic rings. The molecule has 1 aromatic heterocycles. The maximum absolute atomic E-state index is 13.6. The molecule has 1 aliphatic rings. The largest absolute Gasteiger partial charge is 0.325 e. The molecule has 0 saturated carbocycles. The quantitative estimate of drug-likeness (QED) is 0.505. The first-order chi connectivity index (χ1) is 15.4. The number of carbonyl (C=O) groups excluding carboxylic acids is 2. The summed E-state index contributed by atoms with van der Waals surface area (Å²) in [6.45, 7) is 5.65. The number of benzene rings is 3. The molecule has 0 spiro atoms. The van der Waals surface area contributed by atoms with Crippen molar-refractivity contribution in [3.63, 3.8) is 0 Å². The number of imide groups is 1. The number of rotatable bonds is 4. The zero-order chi connectivity index (χ0) is 22.5. The minimum Gasteiger partial charge on any atom is -0.319 e. The van der Waals surface area contributed by atoms with Gasteiger partial charge in [0.05, 0.1) is 12.2 Å². The van der Waals surface area contributed by atoms with Crippen LogP contribution in [0.2, 0.25) is 0 Å². The second kappa shape index (κ2) is 7.26. The molecule has 0 bridgehead atoms. The topological polar surface area (TPSA) is 93.0 Å². The zero-order valence-electron chi connectivity index (χ0n) is 18.0. The number of nitrogens with one attached hydrogen (secondary N) is 1. The summed E-state index contributed by atoms with van der Waals surface area (Å²) in [5.41, 5.74) is 2.41. The number of hydrogen-bond acceptors (Lipinski definition) is 5. The average molecular weight is 426 g/mol. The SMILES string of the molecule is Cc1cccc(C)c1-n1nnnc1CN1C(=O)N[C@](C)(c2cccc3ccccc23)C1=O. The molecule has 1 fully saturated rings. The summed E-state index contributed by atoms with van der Waals surface area (Å²) in [6, 6.07) is 19.0. The minimum atomic E-state index is -1.19. The number of aryl methyl sites for hydroxylation is 2. The number of hydrogen-bond donors (Lipinski definition) is 1. The molecular formula is C24H22N6O2. The highest BCUT2D eigenvalue weighted by atomic mass is 16.2. The Morgan fingerprint density at radius 1 is 0.938 bits per heavy atom. The first kappa shape index (κ1) is 19.9. The molecule has 32 heavy (non-hydrogen) atoms. The van der Waals surface area contributed by atoms with Crippen LogP contribution in [0.25, 0.3) is 16.5 Å². The van der Waals surface area contributed by atoms with Crippen LogP contribution >= 0.6 is 0 Å². The van der Waals surface area contributed by atoms with Gasteiger partial charge in [0.2, 0.25) is 0 Å². The van der Waals surface area contributed by atoms with E-state index < -0.39 is 11.6 Å². The Labute approximate surface area is 184 Å². The van der Waals surface area contributed by atoms with Crippen molar-refractivity contribution in [3.05, 3.63) is 83.2 Å². The molecule has 1 aliphatic heterocycles. The third-order valence-corrected chi connectivity index (χ3v) is 6.09. The average Bonchev–Trinajstić information content (AvgIpc) is 3.32. The summed E-state index contributed by atoms with van der Waals surface area (Å²) >= 11 is 0. The predicted octanol–water partition coefficient (Wildman–Crippen LogP) is 3.40. The van der Waals surface area contributed by atoms with Crippen molar-refractivity contribution in [3.8, 4) is 5.69 Å². The lowest BCUT2D eigenvalue weighted by Gasteiger charge is -2.24. The highest BCUT2D eigenvalue weighted by Crippen LogP contribution is 2.34. The van der Waals surface area contributed by atoms with Crippen molar-refractivity contribution in [1.29, 1.82) is 0 Å². The molecule has 1 saturated heterocycles. The summed E-state index contributed by atoms with van der Waals surface area (Å²) < 4.78 is 1.60. The predicted molar refractivity (Wildman–Crippen MR) is 119 cm³/mol. The van der Waals surface area contributed by atoms with E-state index in [0.717, 1.165) is 33.2 Å². The third kappa shape index (κ3) is 2.95. The monoisotopic (exact) mass is 426 g/mol. The second-order valence-electron chi connectivity index (χ2n) is 8.22. The highest BCUT2D eigenvalue weighted by molar-refractivity contribution is 6.09. The van der Waals surface area contributed by atoms with E-state index in [-0.39, 0.29) is 12.5 Å². The van der Waals surface area contributed by atoms with E-state index in [1.54, 1.807) is 11.6 Å². The summed E-state index contributed by atoms with van der Waals surface area (Å²) in [5.74, 6) is 0.0722. The van der Waals surface area contributed by atoms with Crippen LogP contribution < -0.4 is 5.32 Å². The smallest absolute Gasteiger partial charge is 0.319 e. The Kier molecular flexibility index (Phi) is 4.51. The number of carbonyl (C=O) groups is 2. The maximum Gasteiger partial charge on any atom is 0.325 e. The van der Waals surface area contributed by atoms with Crippen LogP contribution in [0.1, 0.15) is 29.4 Å². The standard InChI is InChI=1S/C24H22N6O2/c1-15-8-6-9-16(2)21(15)30-20(26-27-28-30)14-29-22(31)24(3,25-23(29)32)19-13-7-11-17-10-4-5-12-18(17)19/h4-13H,14H2,1-3H3,(H,25,32)/t24-/m1/s1. The van der Waals surface area contributed by atoms with Crippen LogP contribution in [0.4, 0.5) is 4.79 Å². The normalized spacial score (nSPS) is 18.4. The molecule has 160 valence electrons. The number of fused-ring (bicyclic) bond motifs is 1. The summed E-state index contributed by atoms with van der Waals surface area (Å²) in [4.78, 5) is 27.7. The van der Waals surface area contributed by atoms with E-state index >= 15 is 0 Å². The fourth-order valence-corrected chi connectivity index (χ4v) is 4.44. The van der Waals surface area contributed by atoms with Gasteiger partial charge in [-0.25, -0.2) is 4.79 Å². The number of amides is 3. The van der Waals surface area contributed by atoms with Crippen molar-refractivity contribution in [2.45, 2.75) is 32.9 Å². The lowest BCUT2D eigenvalue weighted by molar-refractivity contribution is -0.131. The van der Waals surface area contributed by atoms with Gasteiger partial charge in [-0.3, -0.25) is 9.69 Å². The summed E-state index contributed by atoms with van der Waals surface area (Å²) in [5, 5.41) is 16.9. The lowest BCUT2D eigenvalue weighted by Crippen LogP contribution is -2.41. The van der Waals surface area contributed by atoms with Crippen LogP contribution in [-0.4, -0.2) is 37.0 Å². The Morgan fingerprint density at radius 2 is 1.62 bits per heavy atom. The molecular weight excluding hydrogens is 404 g/mol. The van der Waals surface area contributed by atoms with Crippen molar-refractivity contribution in [2.24, 2.45) is 0 Å². The van der Waals surface area contributed by atoms with Gasteiger partial charge < -0.3 is 5.32 Å². The number of tetrazole rings is 1. The number of nitrogens with zero attached hydrogens (tertiary/aromatic N) is 5. The van der Waals surface area contributed by atoms with Gasteiger partial charge in [-0.15, -0.1) is 5.10 Å². The van der Waals surface area contributed by atoms with Crippen molar-refractivity contribution < 1.29 is 9.59 Å². The van der Waals surface area contributed by atoms with Gasteiger partial charge in [-0.05, 0) is 58.7 Å². The Balaban J connectivity index is 1.52. The van der Waals surface area contributed by atoms with Crippen molar-refractivity contribution in [2.75, 3.05) is 0 Å². The second-order valence-corrected chi connectivity index (χ2v) is 8.22. The molecule has 5 rings (SSSR count). The highest BCUT2D eigenvalue weighted by Gasteiger charge is 2.50. The number of aromatic nitrogens is 4. The molecule has 3 aromatic carbocycles. The van der Waals surface area contributed by atoms with Crippen LogP contribution in [0.3, 0.4) is 0 Å². The van der Waals surface area contributed by atoms with Crippen molar-refractivity contribution >= 4 is 22.7 Å². The molecule has 1 atom stereocenters. The molecule has 0 aliphatic carbocycles. The van der Waals surface area contributed by atoms with Gasteiger partial charge >= 0.3 is 6.03 Å². The van der Waals surface area contributed by atoms with E-state index in [0.29, 0.717) is 5.82 Å². The molecule has 3 amide bonds. The van der Waals surface area contributed by atoms with E-state index in [4.69, 9.17) is 0 Å². The van der Waals surface area contributed by atoms with E-state index in [1.165, 1.54) is 4.90 Å². The van der Waals surface area contributed by atoms with Gasteiger partial charge in [0.1, 0.15) is 5.54 Å². The Bertz CT molecular complexity index is 1350. The van der Waals surface area contributed by atoms with Gasteiger partial charge in [-0.2, -0.15) is 4.68 Å². The van der Waals surface area contributed by atoms with Gasteiger partial charge in [0, 0.05) is 0 Å². The third-order valence-electron chi connectivity index (χ3n) is 6.09. The molecule has 2 heterocycles. The summed E-state index contributed by atoms with van der Waals surface area (Å²) in [6.07, 6.45) is 0. The van der Waals surface area contributed by atoms with Crippen molar-refractivity contribution in [1.82, 2.24) is 30.4 Å². The molecule has 8 heteroatoms. The summed E-state index contributed by atoms with van der Waals surface area (Å²) in [7, 11) is 0. The number of urea groups is 1. The number of para-hydroxylation sites is 1. The molecule has 1 N–H and O–H groups in total. The first-order valence-electron chi connectivity index (χ1n) is 10.4. The first-order valence-corrected chi connectivity index (χ1v) is 10.4. The minimum absolute atomic E-state index is 0.0359. The Morgan fingerprint density at radius 3 is 2.41 bits per heavy atom. The van der Waals surface area contributed by atoms with Gasteiger partial charge in [0.15, 0.2) is 5.82 Å². The van der Waals surface area contributed by atoms with Gasteiger partial charge in [-0.1, -0.05) is 60.7 Å². The van der Waals surface area contributed by atoms with Crippen LogP contribution in [0, 0.1) is 13.8 Å². The van der Waals surface area contributed by atoms with Crippen LogP contribution in [-0.2, 0) is 16.9 Å². The van der Waals surface area contributed by atoms with Crippen LogP contribution in [0.5, 0.6) is 0 Å². The van der Waals surface area contributed by atoms with Crippen LogP contribution in [0.15, 0.2) is 60.7 Å². The fraction of sp³-hybridized carbons (Fsp3) is 0.208. The maximum atomic E-state index is 13.6.